The molecule has 2 aliphatic heterocycles. The van der Waals surface area contributed by atoms with Crippen LogP contribution in [0.3, 0.4) is 0 Å². The smallest absolute Gasteiger partial charge is 0.246 e. The number of likely N-dealkylation sites (tertiary alicyclic amines) is 1. The molecule has 1 spiro atoms. The average molecular weight is 494 g/mol. The van der Waals surface area contributed by atoms with Gasteiger partial charge in [-0.05, 0) is 49.3 Å². The van der Waals surface area contributed by atoms with Crippen LogP contribution in [0.5, 0.6) is 0 Å². The highest BCUT2D eigenvalue weighted by Gasteiger charge is 2.53. The summed E-state index contributed by atoms with van der Waals surface area (Å²) in [5, 5.41) is 3.22. The first-order valence-corrected chi connectivity index (χ1v) is 14.4. The van der Waals surface area contributed by atoms with E-state index >= 15 is 0 Å². The molecule has 5 rings (SSSR count). The van der Waals surface area contributed by atoms with E-state index in [1.807, 2.05) is 34.4 Å². The van der Waals surface area contributed by atoms with Gasteiger partial charge in [-0.25, -0.2) is 0 Å². The first kappa shape index (κ1) is 24.5. The van der Waals surface area contributed by atoms with Gasteiger partial charge in [0.15, 0.2) is 0 Å². The zero-order chi connectivity index (χ0) is 24.3. The van der Waals surface area contributed by atoms with E-state index in [0.717, 1.165) is 38.0 Å². The van der Waals surface area contributed by atoms with Crippen LogP contribution in [0, 0.1) is 5.92 Å². The molecule has 188 valence electrons. The van der Waals surface area contributed by atoms with Gasteiger partial charge in [0.1, 0.15) is 11.6 Å². The Balaban J connectivity index is 1.33. The second-order valence-corrected chi connectivity index (χ2v) is 12.0. The molecule has 1 atom stereocenters. The zero-order valence-electron chi connectivity index (χ0n) is 21.0. The van der Waals surface area contributed by atoms with Gasteiger partial charge in [0.25, 0.3) is 0 Å². The number of piperazine rings is 1. The summed E-state index contributed by atoms with van der Waals surface area (Å²) in [6.07, 6.45) is 9.41. The molecule has 2 amide bonds. The van der Waals surface area contributed by atoms with E-state index in [9.17, 15) is 9.59 Å². The summed E-state index contributed by atoms with van der Waals surface area (Å²) in [5.74, 6) is 0.738. The van der Waals surface area contributed by atoms with Crippen molar-refractivity contribution >= 4 is 23.2 Å². The number of hydrogen-bond donors (Lipinski definition) is 1. The number of aryl methyl sites for hydroxylation is 1. The van der Waals surface area contributed by atoms with Crippen molar-refractivity contribution in [3.05, 3.63) is 57.8 Å². The Kier molecular flexibility index (Phi) is 7.59. The Morgan fingerprint density at radius 2 is 1.66 bits per heavy atom. The Morgan fingerprint density at radius 3 is 2.34 bits per heavy atom. The van der Waals surface area contributed by atoms with Crippen molar-refractivity contribution in [3.8, 4) is 0 Å². The van der Waals surface area contributed by atoms with Crippen LogP contribution in [-0.2, 0) is 29.1 Å². The number of amides is 2. The molecule has 1 unspecified atom stereocenters. The van der Waals surface area contributed by atoms with Gasteiger partial charge < -0.3 is 10.2 Å². The second kappa shape index (κ2) is 10.8. The van der Waals surface area contributed by atoms with Gasteiger partial charge in [0, 0.05) is 35.9 Å². The summed E-state index contributed by atoms with van der Waals surface area (Å²) >= 11 is 1.89. The van der Waals surface area contributed by atoms with Gasteiger partial charge in [-0.1, -0.05) is 69.4 Å². The van der Waals surface area contributed by atoms with Crippen molar-refractivity contribution < 1.29 is 9.59 Å². The van der Waals surface area contributed by atoms with Gasteiger partial charge in [-0.15, -0.1) is 11.3 Å². The number of hydrogen-bond acceptors (Lipinski definition) is 4. The summed E-state index contributed by atoms with van der Waals surface area (Å²) in [7, 11) is 0. The number of nitrogens with one attached hydrogen (secondary N) is 1. The molecule has 35 heavy (non-hydrogen) atoms. The van der Waals surface area contributed by atoms with Crippen LogP contribution >= 0.6 is 11.3 Å². The van der Waals surface area contributed by atoms with E-state index in [1.54, 1.807) is 0 Å². The van der Waals surface area contributed by atoms with E-state index in [-0.39, 0.29) is 17.9 Å². The standard InChI is InChI=1S/C29H39N3O2S/c1-2-24-13-14-25(35-24)21-31-17-15-29(16-18-31)28(34)30-26(19-22-9-5-3-6-10-22)27(33)32(29)20-23-11-7-4-8-12-23/h4,7-8,11-14,22,26H,2-3,5-6,9-10,15-21H2,1H3,(H,30,34). The summed E-state index contributed by atoms with van der Waals surface area (Å²) in [4.78, 5) is 34.9. The third-order valence-electron chi connectivity index (χ3n) is 8.41. The fourth-order valence-corrected chi connectivity index (χ4v) is 7.28. The van der Waals surface area contributed by atoms with Gasteiger partial charge >= 0.3 is 0 Å². The first-order valence-electron chi connectivity index (χ1n) is 13.5. The van der Waals surface area contributed by atoms with Crippen LogP contribution in [0.1, 0.15) is 73.6 Å². The van der Waals surface area contributed by atoms with Crippen molar-refractivity contribution in [1.82, 2.24) is 15.1 Å². The maximum absolute atomic E-state index is 13.9. The van der Waals surface area contributed by atoms with Crippen molar-refractivity contribution in [1.29, 1.82) is 0 Å². The maximum Gasteiger partial charge on any atom is 0.246 e. The monoisotopic (exact) mass is 493 g/mol. The predicted molar refractivity (Wildman–Crippen MR) is 141 cm³/mol. The van der Waals surface area contributed by atoms with Crippen molar-refractivity contribution in [2.45, 2.75) is 89.4 Å². The number of carbonyl (C=O) groups is 2. The Labute approximate surface area is 213 Å². The molecule has 3 fully saturated rings. The van der Waals surface area contributed by atoms with E-state index < -0.39 is 5.54 Å². The molecule has 0 radical (unpaired) electrons. The highest BCUT2D eigenvalue weighted by atomic mass is 32.1. The minimum absolute atomic E-state index is 0.0675. The molecule has 1 aromatic carbocycles. The lowest BCUT2D eigenvalue weighted by Crippen LogP contribution is -2.72. The minimum atomic E-state index is -0.740. The van der Waals surface area contributed by atoms with Gasteiger partial charge in [0.2, 0.25) is 11.8 Å². The first-order chi connectivity index (χ1) is 17.1. The third-order valence-corrected chi connectivity index (χ3v) is 9.63. The van der Waals surface area contributed by atoms with Crippen LogP contribution in [0.2, 0.25) is 0 Å². The third kappa shape index (κ3) is 5.34. The molecule has 2 aromatic rings. The summed E-state index contributed by atoms with van der Waals surface area (Å²) < 4.78 is 0. The van der Waals surface area contributed by atoms with E-state index in [0.29, 0.717) is 25.3 Å². The van der Waals surface area contributed by atoms with Crippen molar-refractivity contribution in [3.63, 3.8) is 0 Å². The molecule has 1 aromatic heterocycles. The molecule has 6 heteroatoms. The molecular weight excluding hydrogens is 454 g/mol. The number of nitrogens with zero attached hydrogens (tertiary/aromatic N) is 2. The fourth-order valence-electron chi connectivity index (χ4n) is 6.28. The Bertz CT molecular complexity index is 1010. The van der Waals surface area contributed by atoms with Gasteiger partial charge in [-0.3, -0.25) is 14.5 Å². The molecular formula is C29H39N3O2S. The van der Waals surface area contributed by atoms with Crippen LogP contribution in [-0.4, -0.2) is 46.3 Å². The number of piperidine rings is 1. The quantitative estimate of drug-likeness (QED) is 0.581. The Hall–Kier alpha value is -2.18. The molecule has 1 aliphatic carbocycles. The normalized spacial score (nSPS) is 23.6. The molecule has 1 saturated carbocycles. The van der Waals surface area contributed by atoms with Crippen molar-refractivity contribution in [2.75, 3.05) is 13.1 Å². The largest absolute Gasteiger partial charge is 0.342 e. The molecule has 2 saturated heterocycles. The van der Waals surface area contributed by atoms with Gasteiger partial charge in [-0.2, -0.15) is 0 Å². The second-order valence-electron chi connectivity index (χ2n) is 10.7. The Morgan fingerprint density at radius 1 is 0.943 bits per heavy atom. The van der Waals surface area contributed by atoms with Crippen LogP contribution < -0.4 is 5.32 Å². The highest BCUT2D eigenvalue weighted by Crippen LogP contribution is 2.37. The number of thiophene rings is 1. The minimum Gasteiger partial charge on any atom is -0.342 e. The van der Waals surface area contributed by atoms with Crippen LogP contribution in [0.15, 0.2) is 42.5 Å². The van der Waals surface area contributed by atoms with Crippen molar-refractivity contribution in [2.24, 2.45) is 5.92 Å². The van der Waals surface area contributed by atoms with Crippen LogP contribution in [0.25, 0.3) is 0 Å². The van der Waals surface area contributed by atoms with E-state index in [4.69, 9.17) is 0 Å². The van der Waals surface area contributed by atoms with Gasteiger partial charge in [0.05, 0.1) is 0 Å². The molecule has 5 nitrogen and oxygen atoms in total. The lowest BCUT2D eigenvalue weighted by atomic mass is 9.79. The topological polar surface area (TPSA) is 52.7 Å². The predicted octanol–water partition coefficient (Wildman–Crippen LogP) is 5.14. The molecule has 3 aliphatic rings. The lowest BCUT2D eigenvalue weighted by Gasteiger charge is -2.52. The summed E-state index contributed by atoms with van der Waals surface area (Å²) in [6.45, 7) is 5.30. The zero-order valence-corrected chi connectivity index (χ0v) is 21.8. The van der Waals surface area contributed by atoms with E-state index in [2.05, 4.69) is 41.4 Å². The average Bonchev–Trinajstić information content (AvgIpc) is 3.35. The van der Waals surface area contributed by atoms with Crippen LogP contribution in [0.4, 0.5) is 0 Å². The molecule has 1 N–H and O–H groups in total. The molecule has 3 heterocycles. The number of rotatable bonds is 7. The summed E-state index contributed by atoms with van der Waals surface area (Å²) in [5.41, 5.74) is 0.357. The number of carbonyl (C=O) groups excluding carboxylic acids is 2. The lowest BCUT2D eigenvalue weighted by molar-refractivity contribution is -0.163. The van der Waals surface area contributed by atoms with E-state index in [1.165, 1.54) is 41.9 Å². The molecule has 0 bridgehead atoms. The number of benzene rings is 1. The summed E-state index contributed by atoms with van der Waals surface area (Å²) in [6, 6.07) is 14.3. The highest BCUT2D eigenvalue weighted by molar-refractivity contribution is 7.11. The SMILES string of the molecule is CCc1ccc(CN2CCC3(CC2)C(=O)NC(CC2CCCCC2)C(=O)N3Cc2ccccc2)s1. The maximum atomic E-state index is 13.9. The fraction of sp³-hybridized carbons (Fsp3) is 0.586.